The van der Waals surface area contributed by atoms with E-state index in [0.717, 1.165) is 0 Å². The topological polar surface area (TPSA) is 131 Å². The summed E-state index contributed by atoms with van der Waals surface area (Å²) in [5.74, 6) is -2.74. The van der Waals surface area contributed by atoms with Crippen molar-refractivity contribution >= 4 is 18.0 Å². The maximum Gasteiger partial charge on any atom is 0.326 e. The summed E-state index contributed by atoms with van der Waals surface area (Å²) in [5.41, 5.74) is 0. The maximum absolute atomic E-state index is 11.8. The van der Waals surface area contributed by atoms with E-state index >= 15 is 0 Å². The Balaban J connectivity index is 4.71. The van der Waals surface area contributed by atoms with E-state index in [9.17, 15) is 14.4 Å². The van der Waals surface area contributed by atoms with E-state index in [1.165, 1.54) is 4.90 Å². The van der Waals surface area contributed by atoms with Crippen molar-refractivity contribution in [3.05, 3.63) is 0 Å². The summed E-state index contributed by atoms with van der Waals surface area (Å²) in [5, 5.41) is 28.0. The second kappa shape index (κ2) is 7.92. The van der Waals surface area contributed by atoms with Gasteiger partial charge in [-0.1, -0.05) is 0 Å². The third-order valence-corrected chi connectivity index (χ3v) is 2.32. The first-order valence-electron chi connectivity index (χ1n) is 5.68. The van der Waals surface area contributed by atoms with Crippen LogP contribution in [0.1, 0.15) is 26.7 Å². The molecular weight excluding hydrogens is 254 g/mol. The largest absolute Gasteiger partial charge is 0.481 e. The van der Waals surface area contributed by atoms with Gasteiger partial charge in [-0.05, 0) is 13.8 Å². The predicted molar refractivity (Wildman–Crippen MR) is 64.3 cm³/mol. The van der Waals surface area contributed by atoms with Gasteiger partial charge >= 0.3 is 18.0 Å². The van der Waals surface area contributed by atoms with E-state index in [-0.39, 0.29) is 19.0 Å². The number of amides is 2. The number of rotatable bonds is 7. The summed E-state index contributed by atoms with van der Waals surface area (Å²) < 4.78 is 0. The van der Waals surface area contributed by atoms with Crippen molar-refractivity contribution < 1.29 is 24.6 Å². The van der Waals surface area contributed by atoms with Crippen LogP contribution in [0.25, 0.3) is 0 Å². The molecule has 0 rings (SSSR count). The Hall–Kier alpha value is -2.30. The Bertz CT molecular complexity index is 388. The van der Waals surface area contributed by atoms with Crippen molar-refractivity contribution in [1.29, 1.82) is 5.26 Å². The normalized spacial score (nSPS) is 11.5. The van der Waals surface area contributed by atoms with E-state index in [1.807, 2.05) is 6.07 Å². The summed E-state index contributed by atoms with van der Waals surface area (Å²) in [6.45, 7) is 3.58. The van der Waals surface area contributed by atoms with Gasteiger partial charge in [0.1, 0.15) is 6.04 Å². The van der Waals surface area contributed by atoms with E-state index in [1.54, 1.807) is 13.8 Å². The number of hydrogen-bond donors (Lipinski definition) is 3. The van der Waals surface area contributed by atoms with Crippen molar-refractivity contribution in [1.82, 2.24) is 10.2 Å². The Morgan fingerprint density at radius 3 is 2.26 bits per heavy atom. The van der Waals surface area contributed by atoms with Crippen LogP contribution in [0.15, 0.2) is 0 Å². The molecule has 0 unspecified atom stereocenters. The Morgan fingerprint density at radius 1 is 1.32 bits per heavy atom. The molecular formula is C11H17N3O5. The van der Waals surface area contributed by atoms with Gasteiger partial charge in [0.15, 0.2) is 0 Å². The van der Waals surface area contributed by atoms with Gasteiger partial charge in [0.05, 0.1) is 18.9 Å². The standard InChI is InChI=1S/C11H17N3O5/c1-7(2)14(5-3-4-12)11(19)13-8(10(17)18)6-9(15)16/h7-8H,3,5-6H2,1-2H3,(H,13,19)(H,15,16)(H,17,18)/t8-/m0/s1. The third-order valence-electron chi connectivity index (χ3n) is 2.32. The number of hydrogen-bond acceptors (Lipinski definition) is 4. The highest BCUT2D eigenvalue weighted by atomic mass is 16.4. The average molecular weight is 271 g/mol. The Kier molecular flexibility index (Phi) is 6.96. The number of nitriles is 1. The van der Waals surface area contributed by atoms with E-state index in [0.29, 0.717) is 0 Å². The number of carbonyl (C=O) groups is 3. The van der Waals surface area contributed by atoms with Crippen LogP contribution < -0.4 is 5.32 Å². The minimum Gasteiger partial charge on any atom is -0.481 e. The smallest absolute Gasteiger partial charge is 0.326 e. The summed E-state index contributed by atoms with van der Waals surface area (Å²) in [7, 11) is 0. The van der Waals surface area contributed by atoms with Crippen molar-refractivity contribution in [2.45, 2.75) is 38.8 Å². The fourth-order valence-corrected chi connectivity index (χ4v) is 1.37. The first-order valence-corrected chi connectivity index (χ1v) is 5.68. The van der Waals surface area contributed by atoms with Gasteiger partial charge in [-0.25, -0.2) is 9.59 Å². The molecule has 0 heterocycles. The molecule has 0 bridgehead atoms. The SMILES string of the molecule is CC(C)N(CCC#N)C(=O)N[C@@H](CC(=O)O)C(=O)O. The molecule has 0 aromatic heterocycles. The van der Waals surface area contributed by atoms with E-state index < -0.39 is 30.4 Å². The number of nitrogens with zero attached hydrogens (tertiary/aromatic N) is 2. The van der Waals surface area contributed by atoms with Crippen LogP contribution in [-0.2, 0) is 9.59 Å². The zero-order valence-corrected chi connectivity index (χ0v) is 10.8. The summed E-state index contributed by atoms with van der Waals surface area (Å²) in [6.07, 6.45) is -0.590. The molecule has 3 N–H and O–H groups in total. The van der Waals surface area contributed by atoms with Crippen molar-refractivity contribution in [3.63, 3.8) is 0 Å². The van der Waals surface area contributed by atoms with Gasteiger partial charge < -0.3 is 20.4 Å². The quantitative estimate of drug-likeness (QED) is 0.608. The van der Waals surface area contributed by atoms with Crippen LogP contribution in [0, 0.1) is 11.3 Å². The van der Waals surface area contributed by atoms with Crippen LogP contribution in [-0.4, -0.2) is 51.7 Å². The monoisotopic (exact) mass is 271 g/mol. The molecule has 0 aromatic carbocycles. The average Bonchev–Trinajstić information content (AvgIpc) is 2.27. The van der Waals surface area contributed by atoms with Gasteiger partial charge in [-0.2, -0.15) is 5.26 Å². The fraction of sp³-hybridized carbons (Fsp3) is 0.636. The molecule has 8 heteroatoms. The molecule has 8 nitrogen and oxygen atoms in total. The molecule has 0 aliphatic carbocycles. The number of carboxylic acid groups (broad SMARTS) is 2. The Morgan fingerprint density at radius 2 is 1.89 bits per heavy atom. The second-order valence-electron chi connectivity index (χ2n) is 4.13. The number of aliphatic carboxylic acids is 2. The van der Waals surface area contributed by atoms with Crippen molar-refractivity contribution in [3.8, 4) is 6.07 Å². The lowest BCUT2D eigenvalue weighted by molar-refractivity contribution is -0.145. The number of urea groups is 1. The number of carboxylic acids is 2. The molecule has 19 heavy (non-hydrogen) atoms. The van der Waals surface area contributed by atoms with Gasteiger partial charge in [0.25, 0.3) is 0 Å². The van der Waals surface area contributed by atoms with Crippen LogP contribution in [0.2, 0.25) is 0 Å². The molecule has 106 valence electrons. The van der Waals surface area contributed by atoms with E-state index in [4.69, 9.17) is 15.5 Å². The highest BCUT2D eigenvalue weighted by Crippen LogP contribution is 2.02. The second-order valence-corrected chi connectivity index (χ2v) is 4.13. The van der Waals surface area contributed by atoms with Crippen LogP contribution >= 0.6 is 0 Å². The van der Waals surface area contributed by atoms with Crippen LogP contribution in [0.3, 0.4) is 0 Å². The van der Waals surface area contributed by atoms with Crippen molar-refractivity contribution in [2.75, 3.05) is 6.54 Å². The molecule has 0 aliphatic rings. The van der Waals surface area contributed by atoms with E-state index in [2.05, 4.69) is 5.32 Å². The van der Waals surface area contributed by atoms with Crippen molar-refractivity contribution in [2.24, 2.45) is 0 Å². The molecule has 0 saturated carbocycles. The zero-order chi connectivity index (χ0) is 15.0. The molecule has 0 aromatic rings. The lowest BCUT2D eigenvalue weighted by atomic mass is 10.2. The molecule has 0 aliphatic heterocycles. The molecule has 0 saturated heterocycles. The summed E-state index contributed by atoms with van der Waals surface area (Å²) in [6, 6.07) is -0.533. The zero-order valence-electron chi connectivity index (χ0n) is 10.8. The minimum absolute atomic E-state index is 0.113. The lowest BCUT2D eigenvalue weighted by Gasteiger charge is -2.27. The molecule has 1 atom stereocenters. The highest BCUT2D eigenvalue weighted by molar-refractivity contribution is 5.86. The number of nitrogens with one attached hydrogen (secondary N) is 1. The lowest BCUT2D eigenvalue weighted by Crippen LogP contribution is -2.51. The first kappa shape index (κ1) is 16.7. The van der Waals surface area contributed by atoms with Gasteiger partial charge in [0.2, 0.25) is 0 Å². The predicted octanol–water partition coefficient (Wildman–Crippen LogP) is 0.248. The third kappa shape index (κ3) is 6.26. The Labute approximate surface area is 110 Å². The molecule has 0 radical (unpaired) electrons. The molecule has 0 spiro atoms. The van der Waals surface area contributed by atoms with Gasteiger partial charge in [-0.15, -0.1) is 0 Å². The van der Waals surface area contributed by atoms with Gasteiger partial charge in [0, 0.05) is 12.6 Å². The fourth-order valence-electron chi connectivity index (χ4n) is 1.37. The summed E-state index contributed by atoms with van der Waals surface area (Å²) in [4.78, 5) is 34.4. The minimum atomic E-state index is -1.49. The highest BCUT2D eigenvalue weighted by Gasteiger charge is 2.26. The van der Waals surface area contributed by atoms with Gasteiger partial charge in [-0.3, -0.25) is 4.79 Å². The first-order chi connectivity index (χ1) is 8.79. The summed E-state index contributed by atoms with van der Waals surface area (Å²) >= 11 is 0. The molecule has 0 fully saturated rings. The maximum atomic E-state index is 11.8. The van der Waals surface area contributed by atoms with Crippen LogP contribution in [0.4, 0.5) is 4.79 Å². The number of carbonyl (C=O) groups excluding carboxylic acids is 1. The van der Waals surface area contributed by atoms with Crippen LogP contribution in [0.5, 0.6) is 0 Å². The molecule has 2 amide bonds.